The molecule has 6 aliphatic rings. The molecule has 5 heteroatoms. The van der Waals surface area contributed by atoms with Crippen molar-refractivity contribution in [2.45, 2.75) is 58.0 Å². The average molecular weight is 411 g/mol. The zero-order valence-corrected chi connectivity index (χ0v) is 18.0. The Hall–Kier alpha value is -1.91. The van der Waals surface area contributed by atoms with Gasteiger partial charge in [-0.3, -0.25) is 14.4 Å². The molecule has 3 unspecified atom stereocenters. The van der Waals surface area contributed by atoms with Crippen LogP contribution in [0.5, 0.6) is 0 Å². The first-order valence-electron chi connectivity index (χ1n) is 11.5. The van der Waals surface area contributed by atoms with Crippen LogP contribution in [0.3, 0.4) is 0 Å². The van der Waals surface area contributed by atoms with E-state index in [9.17, 15) is 14.4 Å². The van der Waals surface area contributed by atoms with Gasteiger partial charge in [0.05, 0.1) is 13.0 Å². The van der Waals surface area contributed by atoms with Crippen LogP contribution in [-0.4, -0.2) is 30.4 Å². The largest absolute Gasteiger partial charge is 0.469 e. The summed E-state index contributed by atoms with van der Waals surface area (Å²) in [6.45, 7) is 4.58. The third-order valence-electron chi connectivity index (χ3n) is 10.2. The van der Waals surface area contributed by atoms with Gasteiger partial charge in [-0.1, -0.05) is 25.5 Å². The van der Waals surface area contributed by atoms with Gasteiger partial charge in [0.25, 0.3) is 0 Å². The van der Waals surface area contributed by atoms with Gasteiger partial charge in [-0.05, 0) is 67.9 Å². The van der Waals surface area contributed by atoms with Crippen LogP contribution in [0.15, 0.2) is 23.8 Å². The molecule has 4 saturated carbocycles. The van der Waals surface area contributed by atoms with E-state index in [0.29, 0.717) is 36.5 Å². The van der Waals surface area contributed by atoms with Gasteiger partial charge in [0.2, 0.25) is 0 Å². The smallest absolute Gasteiger partial charge is 0.309 e. The molecule has 0 amide bonds. The molecule has 1 spiro atoms. The highest BCUT2D eigenvalue weighted by atomic mass is 16.6. The van der Waals surface area contributed by atoms with Crippen molar-refractivity contribution in [1.82, 2.24) is 0 Å². The number of ketones is 1. The molecule has 1 saturated heterocycles. The number of hydrogen-bond acceptors (Lipinski definition) is 5. The Balaban J connectivity index is 1.47. The molecule has 6 rings (SSSR count). The summed E-state index contributed by atoms with van der Waals surface area (Å²) >= 11 is 0. The van der Waals surface area contributed by atoms with Gasteiger partial charge in [-0.15, -0.1) is 0 Å². The van der Waals surface area contributed by atoms with E-state index in [1.54, 1.807) is 12.2 Å². The van der Waals surface area contributed by atoms with Crippen LogP contribution in [0.25, 0.3) is 0 Å². The highest BCUT2D eigenvalue weighted by molar-refractivity contribution is 6.01. The van der Waals surface area contributed by atoms with E-state index in [1.807, 2.05) is 0 Å². The maximum atomic E-state index is 13.0. The molecule has 0 bridgehead atoms. The number of ether oxygens (including phenoxy) is 2. The summed E-state index contributed by atoms with van der Waals surface area (Å²) in [6, 6.07) is 0. The fourth-order valence-electron chi connectivity index (χ4n) is 8.94. The molecule has 1 heterocycles. The van der Waals surface area contributed by atoms with Crippen LogP contribution < -0.4 is 0 Å². The fourth-order valence-corrected chi connectivity index (χ4v) is 8.94. The minimum Gasteiger partial charge on any atom is -0.469 e. The second-order valence-electron chi connectivity index (χ2n) is 11.1. The molecule has 0 aromatic rings. The summed E-state index contributed by atoms with van der Waals surface area (Å²) in [5.41, 5.74) is 0.492. The summed E-state index contributed by atoms with van der Waals surface area (Å²) in [4.78, 5) is 37.4. The highest BCUT2D eigenvalue weighted by Crippen LogP contribution is 2.79. The van der Waals surface area contributed by atoms with Crippen molar-refractivity contribution in [3.63, 3.8) is 0 Å². The lowest BCUT2D eigenvalue weighted by Crippen LogP contribution is -2.59. The summed E-state index contributed by atoms with van der Waals surface area (Å²) < 4.78 is 11.4. The lowest BCUT2D eigenvalue weighted by Gasteiger charge is -2.60. The Kier molecular flexibility index (Phi) is 3.55. The van der Waals surface area contributed by atoms with E-state index >= 15 is 0 Å². The van der Waals surface area contributed by atoms with Gasteiger partial charge in [-0.2, -0.15) is 0 Å². The summed E-state index contributed by atoms with van der Waals surface area (Å²) in [5.74, 6) is 1.43. The predicted molar refractivity (Wildman–Crippen MR) is 108 cm³/mol. The second kappa shape index (κ2) is 5.66. The molecule has 9 atom stereocenters. The first-order valence-corrected chi connectivity index (χ1v) is 11.5. The van der Waals surface area contributed by atoms with Gasteiger partial charge >= 0.3 is 11.9 Å². The normalized spacial score (nSPS) is 52.7. The van der Waals surface area contributed by atoms with Crippen LogP contribution in [0.4, 0.5) is 0 Å². The Labute approximate surface area is 177 Å². The number of esters is 2. The molecule has 5 nitrogen and oxygen atoms in total. The van der Waals surface area contributed by atoms with Gasteiger partial charge in [0.15, 0.2) is 5.78 Å². The Morgan fingerprint density at radius 2 is 2.00 bits per heavy atom. The van der Waals surface area contributed by atoms with Crippen molar-refractivity contribution in [3.05, 3.63) is 23.8 Å². The maximum absolute atomic E-state index is 13.0. The van der Waals surface area contributed by atoms with Crippen LogP contribution in [0.2, 0.25) is 0 Å². The quantitative estimate of drug-likeness (QED) is 0.618. The predicted octanol–water partition coefficient (Wildman–Crippen LogP) is 3.63. The van der Waals surface area contributed by atoms with Crippen LogP contribution in [0.1, 0.15) is 52.4 Å². The Bertz CT molecular complexity index is 932. The van der Waals surface area contributed by atoms with Crippen molar-refractivity contribution in [2.24, 2.45) is 46.3 Å². The molecule has 1 aliphatic heterocycles. The molecule has 0 aromatic heterocycles. The molecule has 0 radical (unpaired) electrons. The molecule has 30 heavy (non-hydrogen) atoms. The lowest BCUT2D eigenvalue weighted by molar-refractivity contribution is -0.183. The van der Waals surface area contributed by atoms with Crippen LogP contribution >= 0.6 is 0 Å². The topological polar surface area (TPSA) is 69.7 Å². The maximum Gasteiger partial charge on any atom is 0.309 e. The van der Waals surface area contributed by atoms with Gasteiger partial charge < -0.3 is 9.47 Å². The number of fused-ring (bicyclic) bond motifs is 9. The van der Waals surface area contributed by atoms with Crippen molar-refractivity contribution >= 4 is 17.7 Å². The zero-order valence-electron chi connectivity index (χ0n) is 18.0. The van der Waals surface area contributed by atoms with Gasteiger partial charge in [0, 0.05) is 23.2 Å². The van der Waals surface area contributed by atoms with Crippen molar-refractivity contribution < 1.29 is 23.9 Å². The second-order valence-corrected chi connectivity index (χ2v) is 11.1. The number of methoxy groups -OCH3 is 1. The zero-order chi connectivity index (χ0) is 21.1. The van der Waals surface area contributed by atoms with Crippen LogP contribution in [-0.2, 0) is 23.9 Å². The summed E-state index contributed by atoms with van der Waals surface area (Å²) in [7, 11) is 1.47. The number of hydrogen-bond donors (Lipinski definition) is 0. The van der Waals surface area contributed by atoms with Crippen molar-refractivity contribution in [2.75, 3.05) is 7.11 Å². The number of rotatable bonds is 1. The minimum atomic E-state index is -0.333. The lowest BCUT2D eigenvalue weighted by atomic mass is 9.44. The molecule has 0 N–H and O–H groups in total. The standard InChI is InChI=1S/C25H30O5/c1-23-7-4-14(26)10-13(23)11-16(22(28)29-3)20-17(23)5-8-24(2)21(20)15-12-18(15)25(24)9-6-19(27)30-25/h4,7,10,15-18,20-21H,5-6,8-9,11-12H2,1-3H3/t15-,16-,17?,18+,20?,21?,23+,24+,25-/m1/s1. The molecule has 5 aliphatic carbocycles. The minimum absolute atomic E-state index is 0.0186. The number of carbonyl (C=O) groups excluding carboxylic acids is 3. The third kappa shape index (κ3) is 2.02. The van der Waals surface area contributed by atoms with Gasteiger partial charge in [-0.25, -0.2) is 0 Å². The van der Waals surface area contributed by atoms with E-state index in [0.717, 1.165) is 31.3 Å². The highest BCUT2D eigenvalue weighted by Gasteiger charge is 2.79. The third-order valence-corrected chi connectivity index (χ3v) is 10.2. The van der Waals surface area contributed by atoms with E-state index < -0.39 is 0 Å². The summed E-state index contributed by atoms with van der Waals surface area (Å²) in [6.07, 6.45) is 10.6. The first kappa shape index (κ1) is 18.8. The monoisotopic (exact) mass is 410 g/mol. The Morgan fingerprint density at radius 1 is 1.20 bits per heavy atom. The molecule has 160 valence electrons. The van der Waals surface area contributed by atoms with Crippen molar-refractivity contribution in [3.8, 4) is 0 Å². The SMILES string of the molecule is COC(=O)[C@@H]1CC2=CC(=O)C=C[C@]2(C)C2CC[C@@]3(C)C(C21)[C@@H]1C[C@@H]1[C@]31CCC(=O)O1. The molecule has 0 aromatic carbocycles. The van der Waals surface area contributed by atoms with Crippen molar-refractivity contribution in [1.29, 1.82) is 0 Å². The van der Waals surface area contributed by atoms with Gasteiger partial charge in [0.1, 0.15) is 5.60 Å². The average Bonchev–Trinajstić information content (AvgIpc) is 3.36. The number of allylic oxidation sites excluding steroid dienone is 4. The van der Waals surface area contributed by atoms with E-state index in [2.05, 4.69) is 19.9 Å². The Morgan fingerprint density at radius 3 is 2.70 bits per heavy atom. The number of carbonyl (C=O) groups is 3. The van der Waals surface area contributed by atoms with E-state index in [1.165, 1.54) is 7.11 Å². The van der Waals surface area contributed by atoms with E-state index in [-0.39, 0.29) is 46.0 Å². The first-order chi connectivity index (χ1) is 14.2. The van der Waals surface area contributed by atoms with E-state index in [4.69, 9.17) is 9.47 Å². The molecular formula is C25H30O5. The molecule has 5 fully saturated rings. The summed E-state index contributed by atoms with van der Waals surface area (Å²) in [5, 5.41) is 0. The van der Waals surface area contributed by atoms with Crippen LogP contribution in [0, 0.1) is 46.3 Å². The molecular weight excluding hydrogens is 380 g/mol. The fraction of sp³-hybridized carbons (Fsp3) is 0.720.